The predicted octanol–water partition coefficient (Wildman–Crippen LogP) is 1.70. The minimum Gasteiger partial charge on any atom is -0.493 e. The maximum atomic E-state index is 9.56. The molecule has 0 saturated carbocycles. The molecule has 0 bridgehead atoms. The molecule has 0 aliphatic heterocycles. The van der Waals surface area contributed by atoms with Gasteiger partial charge in [-0.05, 0) is 47.0 Å². The molecule has 0 aliphatic rings. The third-order valence-corrected chi connectivity index (χ3v) is 4.43. The highest BCUT2D eigenvalue weighted by Crippen LogP contribution is 2.31. The number of nitrogens with zero attached hydrogens (tertiary/aromatic N) is 3. The standard InChI is InChI=1S/C20H21N3O5/c1-27-18-4-3-12(7-19(18)28-2)20-21-8-17(22-23-20)13-5-14(9-24)16(11-26)15(6-13)10-25/h3-8,24-26H,9-11H2,1-2H3. The summed E-state index contributed by atoms with van der Waals surface area (Å²) in [4.78, 5) is 4.37. The lowest BCUT2D eigenvalue weighted by Gasteiger charge is -2.13. The number of methoxy groups -OCH3 is 2. The Labute approximate surface area is 162 Å². The van der Waals surface area contributed by atoms with Gasteiger partial charge in [-0.25, -0.2) is 4.98 Å². The molecule has 2 aromatic carbocycles. The summed E-state index contributed by atoms with van der Waals surface area (Å²) in [5, 5.41) is 37.0. The zero-order valence-electron chi connectivity index (χ0n) is 15.6. The molecule has 0 atom stereocenters. The minimum atomic E-state index is -0.270. The van der Waals surface area contributed by atoms with Crippen LogP contribution in [0.3, 0.4) is 0 Å². The lowest BCUT2D eigenvalue weighted by atomic mass is 9.97. The van der Waals surface area contributed by atoms with E-state index in [1.165, 1.54) is 0 Å². The zero-order valence-corrected chi connectivity index (χ0v) is 15.6. The van der Waals surface area contributed by atoms with Crippen molar-refractivity contribution in [1.29, 1.82) is 0 Å². The average molecular weight is 383 g/mol. The van der Waals surface area contributed by atoms with Crippen molar-refractivity contribution < 1.29 is 24.8 Å². The smallest absolute Gasteiger partial charge is 0.181 e. The number of rotatable bonds is 7. The second-order valence-electron chi connectivity index (χ2n) is 5.98. The molecule has 0 radical (unpaired) electrons. The topological polar surface area (TPSA) is 118 Å². The molecule has 3 N–H and O–H groups in total. The quantitative estimate of drug-likeness (QED) is 0.564. The number of hydrogen-bond acceptors (Lipinski definition) is 8. The monoisotopic (exact) mass is 383 g/mol. The lowest BCUT2D eigenvalue weighted by Crippen LogP contribution is -2.03. The fourth-order valence-corrected chi connectivity index (χ4v) is 2.95. The van der Waals surface area contributed by atoms with E-state index >= 15 is 0 Å². The Morgan fingerprint density at radius 1 is 0.786 bits per heavy atom. The molecule has 146 valence electrons. The molecule has 3 aromatic rings. The molecule has 0 fully saturated rings. The molecule has 28 heavy (non-hydrogen) atoms. The highest BCUT2D eigenvalue weighted by Gasteiger charge is 2.13. The maximum Gasteiger partial charge on any atom is 0.181 e. The van der Waals surface area contributed by atoms with Gasteiger partial charge in [0, 0.05) is 11.1 Å². The van der Waals surface area contributed by atoms with Gasteiger partial charge < -0.3 is 24.8 Å². The summed E-state index contributed by atoms with van der Waals surface area (Å²) in [6, 6.07) is 8.74. The van der Waals surface area contributed by atoms with Gasteiger partial charge in [0.15, 0.2) is 17.3 Å². The van der Waals surface area contributed by atoms with Crippen molar-refractivity contribution in [3.8, 4) is 34.1 Å². The molecule has 0 aliphatic carbocycles. The van der Waals surface area contributed by atoms with E-state index in [2.05, 4.69) is 15.2 Å². The van der Waals surface area contributed by atoms with Gasteiger partial charge in [0.25, 0.3) is 0 Å². The van der Waals surface area contributed by atoms with Gasteiger partial charge in [0.05, 0.1) is 40.2 Å². The second-order valence-corrected chi connectivity index (χ2v) is 5.98. The third kappa shape index (κ3) is 3.79. The summed E-state index contributed by atoms with van der Waals surface area (Å²) < 4.78 is 10.5. The number of aromatic nitrogens is 3. The Balaban J connectivity index is 1.97. The van der Waals surface area contributed by atoms with Gasteiger partial charge in [0.1, 0.15) is 5.69 Å². The van der Waals surface area contributed by atoms with E-state index in [9.17, 15) is 15.3 Å². The van der Waals surface area contributed by atoms with Crippen LogP contribution in [-0.4, -0.2) is 44.7 Å². The average Bonchev–Trinajstić information content (AvgIpc) is 2.77. The van der Waals surface area contributed by atoms with Crippen molar-refractivity contribution in [1.82, 2.24) is 15.2 Å². The predicted molar refractivity (Wildman–Crippen MR) is 102 cm³/mol. The SMILES string of the molecule is COc1ccc(-c2ncc(-c3cc(CO)c(CO)c(CO)c3)nn2)cc1OC. The highest BCUT2D eigenvalue weighted by atomic mass is 16.5. The number of aliphatic hydroxyl groups excluding tert-OH is 3. The van der Waals surface area contributed by atoms with Crippen LogP contribution < -0.4 is 9.47 Å². The van der Waals surface area contributed by atoms with Gasteiger partial charge in [-0.2, -0.15) is 0 Å². The molecule has 0 saturated heterocycles. The summed E-state index contributed by atoms with van der Waals surface area (Å²) in [6.45, 7) is -0.795. The van der Waals surface area contributed by atoms with Gasteiger partial charge >= 0.3 is 0 Å². The summed E-state index contributed by atoms with van der Waals surface area (Å²) >= 11 is 0. The number of aliphatic hydroxyl groups is 3. The van der Waals surface area contributed by atoms with Crippen LogP contribution in [0.15, 0.2) is 36.5 Å². The van der Waals surface area contributed by atoms with Gasteiger partial charge in [-0.15, -0.1) is 10.2 Å². The maximum absolute atomic E-state index is 9.56. The van der Waals surface area contributed by atoms with Crippen LogP contribution in [0, 0.1) is 0 Å². The fraction of sp³-hybridized carbons (Fsp3) is 0.250. The first-order chi connectivity index (χ1) is 13.6. The Bertz CT molecular complexity index is 936. The van der Waals surface area contributed by atoms with Gasteiger partial charge in [0.2, 0.25) is 0 Å². The third-order valence-electron chi connectivity index (χ3n) is 4.43. The number of hydrogen-bond donors (Lipinski definition) is 3. The Morgan fingerprint density at radius 3 is 1.96 bits per heavy atom. The van der Waals surface area contributed by atoms with Crippen LogP contribution in [-0.2, 0) is 19.8 Å². The lowest BCUT2D eigenvalue weighted by molar-refractivity contribution is 0.248. The van der Waals surface area contributed by atoms with Gasteiger partial charge in [-0.1, -0.05) is 0 Å². The van der Waals surface area contributed by atoms with Crippen LogP contribution in [0.4, 0.5) is 0 Å². The Hall–Kier alpha value is -3.07. The highest BCUT2D eigenvalue weighted by molar-refractivity contribution is 5.64. The molecular weight excluding hydrogens is 362 g/mol. The second kappa shape index (κ2) is 8.75. The summed E-state index contributed by atoms with van der Waals surface area (Å²) in [5.41, 5.74) is 3.41. The first kappa shape index (κ1) is 19.7. The molecule has 0 unspecified atom stereocenters. The Morgan fingerprint density at radius 2 is 1.46 bits per heavy atom. The number of benzene rings is 2. The van der Waals surface area contributed by atoms with Gasteiger partial charge in [-0.3, -0.25) is 0 Å². The summed E-state index contributed by atoms with van der Waals surface area (Å²) in [5.74, 6) is 1.58. The van der Waals surface area contributed by atoms with E-state index in [0.717, 1.165) is 5.56 Å². The van der Waals surface area contributed by atoms with Crippen molar-refractivity contribution >= 4 is 0 Å². The van der Waals surface area contributed by atoms with E-state index in [1.54, 1.807) is 44.7 Å². The molecule has 3 rings (SSSR count). The van der Waals surface area contributed by atoms with Crippen LogP contribution in [0.2, 0.25) is 0 Å². The van der Waals surface area contributed by atoms with Crippen LogP contribution in [0.5, 0.6) is 11.5 Å². The molecular formula is C20H21N3O5. The van der Waals surface area contributed by atoms with Crippen molar-refractivity contribution in [3.63, 3.8) is 0 Å². The molecule has 1 heterocycles. The van der Waals surface area contributed by atoms with Crippen LogP contribution in [0.1, 0.15) is 16.7 Å². The molecule has 0 spiro atoms. The van der Waals surface area contributed by atoms with E-state index < -0.39 is 0 Å². The first-order valence-corrected chi connectivity index (χ1v) is 8.54. The van der Waals surface area contributed by atoms with Crippen molar-refractivity contribution in [3.05, 3.63) is 53.2 Å². The van der Waals surface area contributed by atoms with Crippen molar-refractivity contribution in [2.24, 2.45) is 0 Å². The molecule has 0 amide bonds. The fourth-order valence-electron chi connectivity index (χ4n) is 2.95. The van der Waals surface area contributed by atoms with Crippen LogP contribution in [0.25, 0.3) is 22.6 Å². The summed E-state index contributed by atoms with van der Waals surface area (Å²) in [7, 11) is 3.12. The largest absolute Gasteiger partial charge is 0.493 e. The van der Waals surface area contributed by atoms with E-state index in [0.29, 0.717) is 45.3 Å². The van der Waals surface area contributed by atoms with E-state index in [1.807, 2.05) is 6.07 Å². The van der Waals surface area contributed by atoms with Crippen molar-refractivity contribution in [2.45, 2.75) is 19.8 Å². The minimum absolute atomic E-state index is 0.263. The first-order valence-electron chi connectivity index (χ1n) is 8.54. The molecule has 8 heteroatoms. The van der Waals surface area contributed by atoms with Crippen LogP contribution >= 0.6 is 0 Å². The molecule has 1 aromatic heterocycles. The van der Waals surface area contributed by atoms with Crippen molar-refractivity contribution in [2.75, 3.05) is 14.2 Å². The summed E-state index contributed by atoms with van der Waals surface area (Å²) in [6.07, 6.45) is 1.56. The Kier molecular flexibility index (Phi) is 6.15. The zero-order chi connectivity index (χ0) is 20.1. The number of ether oxygens (including phenoxy) is 2. The van der Waals surface area contributed by atoms with E-state index in [-0.39, 0.29) is 19.8 Å². The van der Waals surface area contributed by atoms with E-state index in [4.69, 9.17) is 9.47 Å². The molecule has 8 nitrogen and oxygen atoms in total. The normalized spacial score (nSPS) is 10.8.